The van der Waals surface area contributed by atoms with Gasteiger partial charge in [0, 0.05) is 11.5 Å². The number of anilines is 1. The molecule has 1 N–H and O–H groups in total. The minimum absolute atomic E-state index is 0.259. The van der Waals surface area contributed by atoms with Crippen LogP contribution < -0.4 is 5.32 Å². The predicted molar refractivity (Wildman–Crippen MR) is 74.5 cm³/mol. The van der Waals surface area contributed by atoms with Crippen LogP contribution in [0, 0.1) is 5.82 Å². The SMILES string of the molecule is CN=C(Nc1cc(S(=O)CC(F)(F)F)c(Br)cc1F)C(F)(F)F. The van der Waals surface area contributed by atoms with Gasteiger partial charge in [-0.15, -0.1) is 0 Å². The van der Waals surface area contributed by atoms with E-state index in [1.165, 1.54) is 0 Å². The van der Waals surface area contributed by atoms with Crippen molar-refractivity contribution in [1.82, 2.24) is 0 Å². The summed E-state index contributed by atoms with van der Waals surface area (Å²) in [7, 11) is -1.82. The Labute approximate surface area is 136 Å². The maximum atomic E-state index is 13.7. The third kappa shape index (κ3) is 5.75. The lowest BCUT2D eigenvalue weighted by atomic mass is 10.3. The van der Waals surface area contributed by atoms with Gasteiger partial charge in [-0.2, -0.15) is 26.3 Å². The molecule has 130 valence electrons. The summed E-state index contributed by atoms with van der Waals surface area (Å²) in [6.07, 6.45) is -9.67. The lowest BCUT2D eigenvalue weighted by Crippen LogP contribution is -2.30. The fourth-order valence-electron chi connectivity index (χ4n) is 1.41. The van der Waals surface area contributed by atoms with Gasteiger partial charge in [0.2, 0.25) is 5.84 Å². The predicted octanol–water partition coefficient (Wildman–Crippen LogP) is 4.26. The first-order valence-electron chi connectivity index (χ1n) is 5.60. The van der Waals surface area contributed by atoms with Gasteiger partial charge in [-0.1, -0.05) is 0 Å². The Morgan fingerprint density at radius 2 is 1.83 bits per heavy atom. The lowest BCUT2D eigenvalue weighted by molar-refractivity contribution is -0.105. The van der Waals surface area contributed by atoms with E-state index in [4.69, 9.17) is 0 Å². The first kappa shape index (κ1) is 19.9. The molecule has 12 heteroatoms. The van der Waals surface area contributed by atoms with Crippen LogP contribution in [0.1, 0.15) is 0 Å². The molecule has 1 unspecified atom stereocenters. The van der Waals surface area contributed by atoms with Crippen molar-refractivity contribution in [1.29, 1.82) is 0 Å². The van der Waals surface area contributed by atoms with Gasteiger partial charge in [0.1, 0.15) is 11.6 Å². The van der Waals surface area contributed by atoms with E-state index < -0.39 is 51.1 Å². The van der Waals surface area contributed by atoms with Crippen LogP contribution >= 0.6 is 15.9 Å². The zero-order valence-electron chi connectivity index (χ0n) is 11.1. The van der Waals surface area contributed by atoms with E-state index in [2.05, 4.69) is 20.9 Å². The number of hydrogen-bond acceptors (Lipinski definition) is 2. The highest BCUT2D eigenvalue weighted by molar-refractivity contribution is 9.10. The standard InChI is InChI=1S/C11H8BrF7N2OS/c1-20-9(11(17,18)19)21-7-3-8(5(12)2-6(7)13)23(22)4-10(14,15)16/h2-3H,4H2,1H3,(H,20,21). The van der Waals surface area contributed by atoms with Crippen LogP contribution in [-0.2, 0) is 10.8 Å². The molecule has 3 nitrogen and oxygen atoms in total. The van der Waals surface area contributed by atoms with Crippen molar-refractivity contribution < 1.29 is 34.9 Å². The molecule has 1 rings (SSSR count). The fourth-order valence-corrected chi connectivity index (χ4v) is 3.24. The highest BCUT2D eigenvalue weighted by Crippen LogP contribution is 2.31. The molecular weight excluding hydrogens is 421 g/mol. The lowest BCUT2D eigenvalue weighted by Gasteiger charge is -2.15. The normalized spacial score (nSPS) is 14.7. The van der Waals surface area contributed by atoms with Crippen LogP contribution in [0.5, 0.6) is 0 Å². The maximum Gasteiger partial charge on any atom is 0.449 e. The van der Waals surface area contributed by atoms with Crippen LogP contribution in [0.15, 0.2) is 26.5 Å². The van der Waals surface area contributed by atoms with Gasteiger partial charge in [0.25, 0.3) is 0 Å². The quantitative estimate of drug-likeness (QED) is 0.444. The minimum atomic E-state index is -4.92. The zero-order valence-corrected chi connectivity index (χ0v) is 13.6. The average Bonchev–Trinajstić information content (AvgIpc) is 2.33. The van der Waals surface area contributed by atoms with Crippen molar-refractivity contribution in [2.24, 2.45) is 4.99 Å². The Hall–Kier alpha value is -1.17. The third-order valence-corrected chi connectivity index (χ3v) is 4.64. The molecule has 0 bridgehead atoms. The first-order chi connectivity index (χ1) is 10.3. The topological polar surface area (TPSA) is 41.5 Å². The smallest absolute Gasteiger partial charge is 0.334 e. The van der Waals surface area contributed by atoms with Crippen LogP contribution in [0.3, 0.4) is 0 Å². The number of halogens is 8. The molecule has 0 saturated heterocycles. The molecule has 0 aromatic heterocycles. The molecule has 23 heavy (non-hydrogen) atoms. The second-order valence-electron chi connectivity index (χ2n) is 4.06. The Morgan fingerprint density at radius 3 is 2.26 bits per heavy atom. The summed E-state index contributed by atoms with van der Waals surface area (Å²) in [5, 5.41) is 1.64. The van der Waals surface area contributed by atoms with Crippen molar-refractivity contribution >= 4 is 38.3 Å². The molecule has 0 aliphatic rings. The molecule has 0 aliphatic carbocycles. The summed E-state index contributed by atoms with van der Waals surface area (Å²) in [5.41, 5.74) is -0.795. The molecule has 0 heterocycles. The number of benzene rings is 1. The van der Waals surface area contributed by atoms with Crippen LogP contribution in [-0.4, -0.2) is 35.2 Å². The van der Waals surface area contributed by atoms with E-state index in [1.54, 1.807) is 5.32 Å². The van der Waals surface area contributed by atoms with E-state index in [1.807, 2.05) is 0 Å². The van der Waals surface area contributed by atoms with Gasteiger partial charge >= 0.3 is 12.4 Å². The molecule has 0 spiro atoms. The first-order valence-corrected chi connectivity index (χ1v) is 7.71. The molecule has 0 amide bonds. The van der Waals surface area contributed by atoms with E-state index in [9.17, 15) is 34.9 Å². The van der Waals surface area contributed by atoms with Gasteiger partial charge in [-0.25, -0.2) is 4.39 Å². The maximum absolute atomic E-state index is 13.7. The van der Waals surface area contributed by atoms with Crippen molar-refractivity contribution in [2.45, 2.75) is 17.2 Å². The molecule has 1 atom stereocenters. The van der Waals surface area contributed by atoms with Crippen molar-refractivity contribution in [3.8, 4) is 0 Å². The number of amidine groups is 1. The van der Waals surface area contributed by atoms with E-state index >= 15 is 0 Å². The number of hydrogen-bond donors (Lipinski definition) is 1. The third-order valence-electron chi connectivity index (χ3n) is 2.31. The van der Waals surface area contributed by atoms with E-state index in [0.29, 0.717) is 12.1 Å². The Balaban J connectivity index is 3.22. The van der Waals surface area contributed by atoms with Crippen LogP contribution in [0.25, 0.3) is 0 Å². The molecule has 0 fully saturated rings. The van der Waals surface area contributed by atoms with Crippen molar-refractivity contribution in [3.05, 3.63) is 22.4 Å². The minimum Gasteiger partial charge on any atom is -0.334 e. The summed E-state index contributed by atoms with van der Waals surface area (Å²) in [4.78, 5) is 2.40. The molecule has 0 saturated carbocycles. The second kappa shape index (κ2) is 7.16. The molecule has 0 radical (unpaired) electrons. The zero-order chi connectivity index (χ0) is 18.0. The largest absolute Gasteiger partial charge is 0.449 e. The summed E-state index contributed by atoms with van der Waals surface area (Å²) in [5.74, 6) is -4.45. The van der Waals surface area contributed by atoms with Gasteiger partial charge < -0.3 is 5.32 Å². The summed E-state index contributed by atoms with van der Waals surface area (Å²) in [6, 6.07) is 1.23. The highest BCUT2D eigenvalue weighted by atomic mass is 79.9. The fraction of sp³-hybridized carbons (Fsp3) is 0.364. The molecule has 1 aromatic rings. The van der Waals surface area contributed by atoms with Gasteiger partial charge in [-0.05, 0) is 28.1 Å². The van der Waals surface area contributed by atoms with Crippen LogP contribution in [0.2, 0.25) is 0 Å². The van der Waals surface area contributed by atoms with Gasteiger partial charge in [0.05, 0.1) is 21.4 Å². The molecule has 0 aliphatic heterocycles. The summed E-state index contributed by atoms with van der Waals surface area (Å²) in [6.45, 7) is 0. The summed E-state index contributed by atoms with van der Waals surface area (Å²) < 4.78 is 99.5. The van der Waals surface area contributed by atoms with Crippen molar-refractivity contribution in [3.63, 3.8) is 0 Å². The molecule has 1 aromatic carbocycles. The van der Waals surface area contributed by atoms with Crippen LogP contribution in [0.4, 0.5) is 36.4 Å². The Bertz CT molecular complexity index is 642. The number of nitrogens with zero attached hydrogens (tertiary/aromatic N) is 1. The highest BCUT2D eigenvalue weighted by Gasteiger charge is 2.36. The van der Waals surface area contributed by atoms with Gasteiger partial charge in [-0.3, -0.25) is 9.20 Å². The number of rotatable bonds is 3. The number of alkyl halides is 6. The van der Waals surface area contributed by atoms with Gasteiger partial charge in [0.15, 0.2) is 0 Å². The second-order valence-corrected chi connectivity index (χ2v) is 6.34. The average molecular weight is 429 g/mol. The van der Waals surface area contributed by atoms with E-state index in [-0.39, 0.29) is 4.47 Å². The monoisotopic (exact) mass is 428 g/mol. The Morgan fingerprint density at radius 1 is 1.26 bits per heavy atom. The summed E-state index contributed by atoms with van der Waals surface area (Å²) >= 11 is 2.73. The number of aliphatic imine (C=N–C) groups is 1. The van der Waals surface area contributed by atoms with Crippen molar-refractivity contribution in [2.75, 3.05) is 18.1 Å². The molecular formula is C11H8BrF7N2OS. The Kier molecular flexibility index (Phi) is 6.18. The number of nitrogens with one attached hydrogen (secondary N) is 1. The van der Waals surface area contributed by atoms with E-state index in [0.717, 1.165) is 7.05 Å².